The third-order valence-electron chi connectivity index (χ3n) is 3.37. The SMILES string of the molecule is OC[C@H]1CC(O)[C@@H](O)CN1CCc1ccsc1. The highest BCUT2D eigenvalue weighted by atomic mass is 32.1. The molecular formula is C12H19NO3S. The van der Waals surface area contributed by atoms with Gasteiger partial charge in [-0.15, -0.1) is 0 Å². The summed E-state index contributed by atoms with van der Waals surface area (Å²) in [5.41, 5.74) is 1.28. The summed E-state index contributed by atoms with van der Waals surface area (Å²) in [4.78, 5) is 2.06. The predicted molar refractivity (Wildman–Crippen MR) is 67.1 cm³/mol. The molecule has 0 aromatic carbocycles. The first-order valence-electron chi connectivity index (χ1n) is 5.93. The molecule has 17 heavy (non-hydrogen) atoms. The number of hydrogen-bond acceptors (Lipinski definition) is 5. The number of aliphatic hydroxyl groups is 3. The van der Waals surface area contributed by atoms with Crippen molar-refractivity contribution in [2.45, 2.75) is 31.1 Å². The van der Waals surface area contributed by atoms with Gasteiger partial charge in [0.2, 0.25) is 0 Å². The van der Waals surface area contributed by atoms with Gasteiger partial charge < -0.3 is 15.3 Å². The van der Waals surface area contributed by atoms with Crippen molar-refractivity contribution >= 4 is 11.3 Å². The molecule has 3 atom stereocenters. The Morgan fingerprint density at radius 1 is 1.35 bits per heavy atom. The van der Waals surface area contributed by atoms with E-state index in [0.717, 1.165) is 13.0 Å². The van der Waals surface area contributed by atoms with Crippen LogP contribution in [0.3, 0.4) is 0 Å². The lowest BCUT2D eigenvalue weighted by atomic mass is 9.97. The monoisotopic (exact) mass is 257 g/mol. The Labute approximate surface area is 105 Å². The molecule has 3 N–H and O–H groups in total. The maximum Gasteiger partial charge on any atom is 0.0926 e. The van der Waals surface area contributed by atoms with E-state index in [1.807, 2.05) is 5.38 Å². The minimum absolute atomic E-state index is 0.0351. The summed E-state index contributed by atoms with van der Waals surface area (Å²) < 4.78 is 0. The molecule has 0 bridgehead atoms. The maximum atomic E-state index is 9.65. The van der Waals surface area contributed by atoms with Gasteiger partial charge in [-0.3, -0.25) is 4.90 Å². The van der Waals surface area contributed by atoms with E-state index in [2.05, 4.69) is 16.3 Å². The van der Waals surface area contributed by atoms with E-state index in [9.17, 15) is 15.3 Å². The van der Waals surface area contributed by atoms with E-state index < -0.39 is 12.2 Å². The summed E-state index contributed by atoms with van der Waals surface area (Å²) in [7, 11) is 0. The van der Waals surface area contributed by atoms with Gasteiger partial charge >= 0.3 is 0 Å². The highest BCUT2D eigenvalue weighted by Gasteiger charge is 2.32. The number of likely N-dealkylation sites (tertiary alicyclic amines) is 1. The third kappa shape index (κ3) is 3.26. The fourth-order valence-electron chi connectivity index (χ4n) is 2.27. The Hall–Kier alpha value is -0.460. The molecule has 96 valence electrons. The summed E-state index contributed by atoms with van der Waals surface area (Å²) in [6.07, 6.45) is -0.0331. The van der Waals surface area contributed by atoms with Crippen molar-refractivity contribution in [3.8, 4) is 0 Å². The van der Waals surface area contributed by atoms with Crippen molar-refractivity contribution in [3.05, 3.63) is 22.4 Å². The second-order valence-electron chi connectivity index (χ2n) is 4.58. The fourth-order valence-corrected chi connectivity index (χ4v) is 2.97. The van der Waals surface area contributed by atoms with Gasteiger partial charge in [0.15, 0.2) is 0 Å². The number of β-amino-alcohol motifs (C(OH)–C–C–N with tert-alkyl or cyclic N) is 1. The van der Waals surface area contributed by atoms with Crippen LogP contribution in [0.2, 0.25) is 0 Å². The number of thiophene rings is 1. The van der Waals surface area contributed by atoms with Crippen LogP contribution in [0.1, 0.15) is 12.0 Å². The predicted octanol–water partition coefficient (Wildman–Crippen LogP) is 0.0790. The molecule has 0 spiro atoms. The molecule has 0 radical (unpaired) electrons. The van der Waals surface area contributed by atoms with E-state index in [1.165, 1.54) is 5.56 Å². The zero-order valence-electron chi connectivity index (χ0n) is 9.70. The van der Waals surface area contributed by atoms with E-state index in [-0.39, 0.29) is 12.6 Å². The average Bonchev–Trinajstić information content (AvgIpc) is 2.83. The molecule has 1 aromatic rings. The molecule has 0 aliphatic carbocycles. The highest BCUT2D eigenvalue weighted by molar-refractivity contribution is 7.07. The number of piperidine rings is 1. The van der Waals surface area contributed by atoms with Crippen LogP contribution in [0.15, 0.2) is 16.8 Å². The van der Waals surface area contributed by atoms with Crippen LogP contribution in [0.25, 0.3) is 0 Å². The Kier molecular flexibility index (Phi) is 4.53. The molecule has 2 rings (SSSR count). The molecule has 1 fully saturated rings. The minimum Gasteiger partial charge on any atom is -0.395 e. The summed E-state index contributed by atoms with van der Waals surface area (Å²) >= 11 is 1.68. The molecule has 5 heteroatoms. The molecule has 1 aliphatic heterocycles. The quantitative estimate of drug-likeness (QED) is 0.715. The second-order valence-corrected chi connectivity index (χ2v) is 5.36. The lowest BCUT2D eigenvalue weighted by Gasteiger charge is -2.39. The van der Waals surface area contributed by atoms with Gasteiger partial charge in [0.05, 0.1) is 18.8 Å². The first-order chi connectivity index (χ1) is 8.20. The van der Waals surface area contributed by atoms with E-state index >= 15 is 0 Å². The second kappa shape index (κ2) is 5.93. The smallest absolute Gasteiger partial charge is 0.0926 e. The topological polar surface area (TPSA) is 63.9 Å². The van der Waals surface area contributed by atoms with Crippen molar-refractivity contribution in [1.29, 1.82) is 0 Å². The van der Waals surface area contributed by atoms with Gasteiger partial charge in [-0.1, -0.05) is 0 Å². The van der Waals surface area contributed by atoms with Gasteiger partial charge in [0.25, 0.3) is 0 Å². The molecule has 0 amide bonds. The maximum absolute atomic E-state index is 9.65. The zero-order chi connectivity index (χ0) is 12.3. The molecule has 4 nitrogen and oxygen atoms in total. The first kappa shape index (κ1) is 13.0. The standard InChI is InChI=1S/C12H19NO3S/c14-7-10-5-11(15)12(16)6-13(10)3-1-9-2-4-17-8-9/h2,4,8,10-12,14-16H,1,3,5-7H2/t10-,11?,12+/m1/s1. The van der Waals surface area contributed by atoms with Crippen LogP contribution in [-0.2, 0) is 6.42 Å². The zero-order valence-corrected chi connectivity index (χ0v) is 10.5. The van der Waals surface area contributed by atoms with Gasteiger partial charge in [-0.2, -0.15) is 11.3 Å². The summed E-state index contributed by atoms with van der Waals surface area (Å²) in [6.45, 7) is 1.29. The van der Waals surface area contributed by atoms with E-state index in [4.69, 9.17) is 0 Å². The molecule has 0 saturated carbocycles. The Morgan fingerprint density at radius 2 is 2.18 bits per heavy atom. The number of hydrogen-bond donors (Lipinski definition) is 3. The normalized spacial score (nSPS) is 30.6. The van der Waals surface area contributed by atoms with Gasteiger partial charge in [0, 0.05) is 19.1 Å². The van der Waals surface area contributed by atoms with Gasteiger partial charge in [-0.05, 0) is 35.2 Å². The van der Waals surface area contributed by atoms with Crippen LogP contribution in [0.5, 0.6) is 0 Å². The van der Waals surface area contributed by atoms with Gasteiger partial charge in [0.1, 0.15) is 0 Å². The lowest BCUT2D eigenvalue weighted by Crippen LogP contribution is -2.54. The Morgan fingerprint density at radius 3 is 2.82 bits per heavy atom. The molecule has 1 aliphatic rings. The molecule has 1 saturated heterocycles. The largest absolute Gasteiger partial charge is 0.395 e. The van der Waals surface area contributed by atoms with Crippen LogP contribution >= 0.6 is 11.3 Å². The van der Waals surface area contributed by atoms with Crippen molar-refractivity contribution in [2.24, 2.45) is 0 Å². The minimum atomic E-state index is -0.704. The van der Waals surface area contributed by atoms with Crippen LogP contribution in [-0.4, -0.2) is 58.2 Å². The number of aliphatic hydroxyl groups excluding tert-OH is 3. The molecule has 2 heterocycles. The highest BCUT2D eigenvalue weighted by Crippen LogP contribution is 2.18. The first-order valence-corrected chi connectivity index (χ1v) is 6.87. The van der Waals surface area contributed by atoms with Crippen molar-refractivity contribution in [3.63, 3.8) is 0 Å². The summed E-state index contributed by atoms with van der Waals surface area (Å²) in [5, 5.41) is 32.7. The van der Waals surface area contributed by atoms with E-state index in [0.29, 0.717) is 13.0 Å². The Bertz CT molecular complexity index is 331. The van der Waals surface area contributed by atoms with Crippen LogP contribution in [0.4, 0.5) is 0 Å². The van der Waals surface area contributed by atoms with E-state index in [1.54, 1.807) is 11.3 Å². The number of nitrogens with zero attached hydrogens (tertiary/aromatic N) is 1. The molecular weight excluding hydrogens is 238 g/mol. The lowest BCUT2D eigenvalue weighted by molar-refractivity contribution is -0.0703. The van der Waals surface area contributed by atoms with Crippen molar-refractivity contribution < 1.29 is 15.3 Å². The fraction of sp³-hybridized carbons (Fsp3) is 0.667. The summed E-state index contributed by atoms with van der Waals surface area (Å²) in [6, 6.07) is 2.06. The molecule has 1 unspecified atom stereocenters. The average molecular weight is 257 g/mol. The molecule has 1 aromatic heterocycles. The van der Waals surface area contributed by atoms with Crippen LogP contribution in [0, 0.1) is 0 Å². The van der Waals surface area contributed by atoms with Crippen molar-refractivity contribution in [1.82, 2.24) is 4.90 Å². The number of rotatable bonds is 4. The van der Waals surface area contributed by atoms with Gasteiger partial charge in [-0.25, -0.2) is 0 Å². The Balaban J connectivity index is 1.89. The third-order valence-corrected chi connectivity index (χ3v) is 4.11. The summed E-state index contributed by atoms with van der Waals surface area (Å²) in [5.74, 6) is 0. The van der Waals surface area contributed by atoms with Crippen LogP contribution < -0.4 is 0 Å². The van der Waals surface area contributed by atoms with Crippen molar-refractivity contribution in [2.75, 3.05) is 19.7 Å².